The molecule has 1 aliphatic rings. The molecule has 0 spiro atoms. The first-order chi connectivity index (χ1) is 19.9. The van der Waals surface area contributed by atoms with Gasteiger partial charge in [-0.25, -0.2) is 9.97 Å². The van der Waals surface area contributed by atoms with Crippen LogP contribution in [0.4, 0.5) is 17.3 Å². The minimum absolute atomic E-state index is 0.226. The number of nitrogens with zero attached hydrogens (tertiary/aromatic N) is 7. The summed E-state index contributed by atoms with van der Waals surface area (Å²) in [7, 11) is 2.14. The van der Waals surface area contributed by atoms with Crippen LogP contribution in [-0.4, -0.2) is 57.9 Å². The van der Waals surface area contributed by atoms with Crippen LogP contribution in [0.3, 0.4) is 0 Å². The Kier molecular flexibility index (Phi) is 7.28. The van der Waals surface area contributed by atoms with Gasteiger partial charge in [0.1, 0.15) is 16.9 Å². The second-order valence-electron chi connectivity index (χ2n) is 9.75. The minimum Gasteiger partial charge on any atom is -0.369 e. The standard InChI is InChI=1S/C30H24Cl2N8O/c1-38-12-14-39(15-13-38)22-10-8-21(9-11-22)35-30-34-18-23-27(36-30)26(20-5-2-4-19(16-20)17-33)37-40(29(23)41)28-24(31)6-3-7-25(28)32/h2-11,16,18H,12-15H2,1H3,(H,34,35,36). The summed E-state index contributed by atoms with van der Waals surface area (Å²) in [6.45, 7) is 4.03. The van der Waals surface area contributed by atoms with Crippen LogP contribution in [0.15, 0.2) is 77.7 Å². The first kappa shape index (κ1) is 26.7. The number of aromatic nitrogens is 4. The summed E-state index contributed by atoms with van der Waals surface area (Å²) >= 11 is 12.9. The zero-order chi connectivity index (χ0) is 28.5. The lowest BCUT2D eigenvalue weighted by molar-refractivity contribution is 0.313. The van der Waals surface area contributed by atoms with E-state index in [2.05, 4.69) is 50.4 Å². The van der Waals surface area contributed by atoms with Crippen LogP contribution in [0.25, 0.3) is 27.8 Å². The molecule has 0 saturated carbocycles. The van der Waals surface area contributed by atoms with Crippen molar-refractivity contribution in [2.45, 2.75) is 0 Å². The van der Waals surface area contributed by atoms with Gasteiger partial charge in [0.2, 0.25) is 5.95 Å². The van der Waals surface area contributed by atoms with E-state index in [-0.39, 0.29) is 21.1 Å². The van der Waals surface area contributed by atoms with E-state index in [1.165, 1.54) is 6.20 Å². The number of rotatable bonds is 5. The van der Waals surface area contributed by atoms with Gasteiger partial charge in [-0.15, -0.1) is 0 Å². The van der Waals surface area contributed by atoms with Gasteiger partial charge in [-0.3, -0.25) is 4.79 Å². The Balaban J connectivity index is 1.43. The van der Waals surface area contributed by atoms with Crippen molar-refractivity contribution >= 4 is 51.4 Å². The highest BCUT2D eigenvalue weighted by Crippen LogP contribution is 2.30. The number of anilines is 3. The van der Waals surface area contributed by atoms with E-state index in [1.807, 2.05) is 12.1 Å². The molecule has 11 heteroatoms. The van der Waals surface area contributed by atoms with Gasteiger partial charge in [0, 0.05) is 49.3 Å². The molecule has 6 rings (SSSR count). The largest absolute Gasteiger partial charge is 0.369 e. The summed E-state index contributed by atoms with van der Waals surface area (Å²) < 4.78 is 1.16. The van der Waals surface area contributed by atoms with Crippen molar-refractivity contribution in [2.24, 2.45) is 0 Å². The van der Waals surface area contributed by atoms with Crippen molar-refractivity contribution in [1.82, 2.24) is 24.6 Å². The number of para-hydroxylation sites is 1. The van der Waals surface area contributed by atoms with Gasteiger partial charge in [-0.2, -0.15) is 15.0 Å². The lowest BCUT2D eigenvalue weighted by atomic mass is 10.1. The molecule has 0 unspecified atom stereocenters. The Morgan fingerprint density at radius 1 is 0.951 bits per heavy atom. The van der Waals surface area contributed by atoms with E-state index in [1.54, 1.807) is 42.5 Å². The summed E-state index contributed by atoms with van der Waals surface area (Å²) in [5.41, 5.74) is 3.50. The summed E-state index contributed by atoms with van der Waals surface area (Å²) in [4.78, 5) is 27.5. The van der Waals surface area contributed by atoms with Crippen molar-refractivity contribution in [3.05, 3.63) is 98.9 Å². The lowest BCUT2D eigenvalue weighted by Gasteiger charge is -2.34. The molecule has 204 valence electrons. The molecular formula is C30H24Cl2N8O. The van der Waals surface area contributed by atoms with Crippen LogP contribution in [0, 0.1) is 11.3 Å². The highest BCUT2D eigenvalue weighted by atomic mass is 35.5. The van der Waals surface area contributed by atoms with Crippen LogP contribution in [0.1, 0.15) is 5.56 Å². The molecule has 3 heterocycles. The van der Waals surface area contributed by atoms with E-state index in [9.17, 15) is 10.1 Å². The fourth-order valence-corrected chi connectivity index (χ4v) is 5.37. The van der Waals surface area contributed by atoms with E-state index >= 15 is 0 Å². The molecule has 0 radical (unpaired) electrons. The maximum absolute atomic E-state index is 13.6. The van der Waals surface area contributed by atoms with Crippen LogP contribution in [0.2, 0.25) is 10.0 Å². The number of halogens is 2. The third-order valence-corrected chi connectivity index (χ3v) is 7.65. The summed E-state index contributed by atoms with van der Waals surface area (Å²) in [5.74, 6) is 0.303. The van der Waals surface area contributed by atoms with Crippen LogP contribution >= 0.6 is 23.2 Å². The van der Waals surface area contributed by atoms with E-state index in [0.717, 1.165) is 42.2 Å². The van der Waals surface area contributed by atoms with Crippen molar-refractivity contribution < 1.29 is 0 Å². The SMILES string of the molecule is CN1CCN(c2ccc(Nc3ncc4c(=O)n(-c5c(Cl)cccc5Cl)nc(-c5cccc(C#N)c5)c4n3)cc2)CC1. The quantitative estimate of drug-likeness (QED) is 0.289. The third kappa shape index (κ3) is 5.33. The molecule has 0 aliphatic carbocycles. The van der Waals surface area contributed by atoms with Crippen LogP contribution in [0.5, 0.6) is 0 Å². The molecule has 3 aromatic carbocycles. The molecule has 0 bridgehead atoms. The van der Waals surface area contributed by atoms with Gasteiger partial charge in [-0.05, 0) is 55.6 Å². The number of piperazine rings is 1. The molecule has 9 nitrogen and oxygen atoms in total. The van der Waals surface area contributed by atoms with Crippen molar-refractivity contribution in [3.8, 4) is 23.0 Å². The summed E-state index contributed by atoms with van der Waals surface area (Å²) in [6, 6.07) is 22.1. The second kappa shape index (κ2) is 11.2. The van der Waals surface area contributed by atoms with Crippen LogP contribution in [-0.2, 0) is 0 Å². The maximum atomic E-state index is 13.6. The van der Waals surface area contributed by atoms with Crippen molar-refractivity contribution in [1.29, 1.82) is 5.26 Å². The zero-order valence-electron chi connectivity index (χ0n) is 22.1. The van der Waals surface area contributed by atoms with E-state index < -0.39 is 5.56 Å². The fourth-order valence-electron chi connectivity index (χ4n) is 4.81. The number of nitriles is 1. The van der Waals surface area contributed by atoms with Gasteiger partial charge in [0.05, 0.1) is 27.1 Å². The Morgan fingerprint density at radius 3 is 2.37 bits per heavy atom. The smallest absolute Gasteiger partial charge is 0.282 e. The normalized spacial score (nSPS) is 13.8. The third-order valence-electron chi connectivity index (χ3n) is 7.04. The van der Waals surface area contributed by atoms with Gasteiger partial charge in [0.25, 0.3) is 5.56 Å². The number of fused-ring (bicyclic) bond motifs is 1. The molecule has 0 atom stereocenters. The van der Waals surface area contributed by atoms with Crippen molar-refractivity contribution in [2.75, 3.05) is 43.4 Å². The van der Waals surface area contributed by atoms with Crippen molar-refractivity contribution in [3.63, 3.8) is 0 Å². The monoisotopic (exact) mass is 582 g/mol. The molecule has 1 fully saturated rings. The molecule has 1 N–H and O–H groups in total. The Morgan fingerprint density at radius 2 is 1.66 bits per heavy atom. The molecule has 1 saturated heterocycles. The Bertz CT molecular complexity index is 1840. The summed E-state index contributed by atoms with van der Waals surface area (Å²) in [6.07, 6.45) is 1.46. The van der Waals surface area contributed by atoms with Gasteiger partial charge in [-0.1, -0.05) is 41.4 Å². The summed E-state index contributed by atoms with van der Waals surface area (Å²) in [5, 5.41) is 18.1. The molecule has 41 heavy (non-hydrogen) atoms. The Labute approximate surface area is 246 Å². The molecule has 0 amide bonds. The molecule has 5 aromatic rings. The zero-order valence-corrected chi connectivity index (χ0v) is 23.6. The Hall–Kier alpha value is -4.49. The van der Waals surface area contributed by atoms with Gasteiger partial charge >= 0.3 is 0 Å². The number of nitrogens with one attached hydrogen (secondary N) is 1. The number of benzene rings is 3. The van der Waals surface area contributed by atoms with Gasteiger partial charge < -0.3 is 15.1 Å². The van der Waals surface area contributed by atoms with Crippen LogP contribution < -0.4 is 15.8 Å². The second-order valence-corrected chi connectivity index (χ2v) is 10.6. The predicted octanol–water partition coefficient (Wildman–Crippen LogP) is 5.52. The number of likely N-dealkylation sites (N-methyl/N-ethyl adjacent to an activating group) is 1. The highest BCUT2D eigenvalue weighted by Gasteiger charge is 2.20. The maximum Gasteiger partial charge on any atom is 0.282 e. The molecule has 1 aliphatic heterocycles. The average molecular weight is 583 g/mol. The minimum atomic E-state index is -0.474. The first-order valence-corrected chi connectivity index (χ1v) is 13.7. The number of hydrogen-bond acceptors (Lipinski definition) is 8. The van der Waals surface area contributed by atoms with E-state index in [0.29, 0.717) is 28.3 Å². The fraction of sp³-hybridized carbons (Fsp3) is 0.167. The number of hydrogen-bond donors (Lipinski definition) is 1. The van der Waals surface area contributed by atoms with Gasteiger partial charge in [0.15, 0.2) is 0 Å². The highest BCUT2D eigenvalue weighted by molar-refractivity contribution is 6.37. The van der Waals surface area contributed by atoms with E-state index in [4.69, 9.17) is 28.2 Å². The molecular weight excluding hydrogens is 559 g/mol. The topological polar surface area (TPSA) is 103 Å². The molecule has 2 aromatic heterocycles. The average Bonchev–Trinajstić information content (AvgIpc) is 2.99. The predicted molar refractivity (Wildman–Crippen MR) is 163 cm³/mol. The lowest BCUT2D eigenvalue weighted by Crippen LogP contribution is -2.44. The first-order valence-electron chi connectivity index (χ1n) is 13.0.